The van der Waals surface area contributed by atoms with Gasteiger partial charge in [0.2, 0.25) is 0 Å². The lowest BCUT2D eigenvalue weighted by Gasteiger charge is -2.24. The number of hydrogen-bond donors (Lipinski definition) is 2. The summed E-state index contributed by atoms with van der Waals surface area (Å²) in [5.74, 6) is -0.370. The predicted molar refractivity (Wildman–Crippen MR) is 84.8 cm³/mol. The van der Waals surface area contributed by atoms with Crippen LogP contribution in [0.3, 0.4) is 0 Å². The van der Waals surface area contributed by atoms with Crippen molar-refractivity contribution in [3.8, 4) is 0 Å². The van der Waals surface area contributed by atoms with Gasteiger partial charge in [-0.3, -0.25) is 4.79 Å². The summed E-state index contributed by atoms with van der Waals surface area (Å²) in [4.78, 5) is 11.0. The zero-order valence-corrected chi connectivity index (χ0v) is 13.7. The van der Waals surface area contributed by atoms with E-state index >= 15 is 0 Å². The topological polar surface area (TPSA) is 66.8 Å². The fourth-order valence-electron chi connectivity index (χ4n) is 1.70. The SMILES string of the molecule is C=C[C@@](C)(C/C=C/[C@@](C)(O)C/C=C/C(C)(C)O)OC(C)=O. The molecule has 0 rings (SSSR count). The van der Waals surface area contributed by atoms with E-state index in [2.05, 4.69) is 6.58 Å². The Balaban J connectivity index is 4.60. The van der Waals surface area contributed by atoms with Crippen molar-refractivity contribution in [1.82, 2.24) is 0 Å². The number of rotatable bonds is 8. The maximum Gasteiger partial charge on any atom is 0.303 e. The summed E-state index contributed by atoms with van der Waals surface area (Å²) in [7, 11) is 0. The molecule has 0 fully saturated rings. The lowest BCUT2D eigenvalue weighted by molar-refractivity contribution is -0.150. The summed E-state index contributed by atoms with van der Waals surface area (Å²) in [5, 5.41) is 19.8. The van der Waals surface area contributed by atoms with E-state index in [1.807, 2.05) is 0 Å². The van der Waals surface area contributed by atoms with E-state index in [0.29, 0.717) is 12.8 Å². The van der Waals surface area contributed by atoms with Crippen LogP contribution in [0.4, 0.5) is 0 Å². The average molecular weight is 296 g/mol. The van der Waals surface area contributed by atoms with Crippen molar-refractivity contribution in [2.75, 3.05) is 0 Å². The highest BCUT2D eigenvalue weighted by Gasteiger charge is 2.23. The van der Waals surface area contributed by atoms with Crippen LogP contribution < -0.4 is 0 Å². The molecule has 120 valence electrons. The van der Waals surface area contributed by atoms with Gasteiger partial charge >= 0.3 is 5.97 Å². The molecule has 0 amide bonds. The van der Waals surface area contributed by atoms with Gasteiger partial charge in [0, 0.05) is 13.3 Å². The van der Waals surface area contributed by atoms with Crippen LogP contribution in [0, 0.1) is 0 Å². The van der Waals surface area contributed by atoms with Crippen LogP contribution in [0.1, 0.15) is 47.5 Å². The molecule has 0 saturated heterocycles. The van der Waals surface area contributed by atoms with Gasteiger partial charge in [-0.2, -0.15) is 0 Å². The van der Waals surface area contributed by atoms with Crippen LogP contribution in [0.25, 0.3) is 0 Å². The molecule has 0 aromatic carbocycles. The lowest BCUT2D eigenvalue weighted by atomic mass is 9.96. The van der Waals surface area contributed by atoms with Crippen molar-refractivity contribution < 1.29 is 19.7 Å². The first-order chi connectivity index (χ1) is 9.39. The largest absolute Gasteiger partial charge is 0.455 e. The fourth-order valence-corrected chi connectivity index (χ4v) is 1.70. The van der Waals surface area contributed by atoms with Gasteiger partial charge in [0.05, 0.1) is 11.2 Å². The molecule has 4 heteroatoms. The molecule has 0 unspecified atom stereocenters. The highest BCUT2D eigenvalue weighted by molar-refractivity contribution is 5.66. The number of ether oxygens (including phenoxy) is 1. The van der Waals surface area contributed by atoms with Crippen molar-refractivity contribution in [2.24, 2.45) is 0 Å². The molecule has 2 atom stereocenters. The van der Waals surface area contributed by atoms with E-state index in [-0.39, 0.29) is 5.97 Å². The lowest BCUT2D eigenvalue weighted by Crippen LogP contribution is -2.28. The zero-order chi connectivity index (χ0) is 16.7. The fraction of sp³-hybridized carbons (Fsp3) is 0.588. The van der Waals surface area contributed by atoms with Crippen LogP contribution >= 0.6 is 0 Å². The Morgan fingerprint density at radius 2 is 1.62 bits per heavy atom. The molecule has 0 aliphatic carbocycles. The molecule has 0 aromatic rings. The molecule has 0 bridgehead atoms. The van der Waals surface area contributed by atoms with Gasteiger partial charge in [-0.1, -0.05) is 30.9 Å². The van der Waals surface area contributed by atoms with Crippen molar-refractivity contribution in [3.63, 3.8) is 0 Å². The molecule has 0 aliphatic heterocycles. The van der Waals surface area contributed by atoms with Gasteiger partial charge in [-0.05, 0) is 40.2 Å². The van der Waals surface area contributed by atoms with Gasteiger partial charge in [0.1, 0.15) is 5.60 Å². The third-order valence-corrected chi connectivity index (χ3v) is 2.87. The first kappa shape index (κ1) is 19.6. The van der Waals surface area contributed by atoms with Gasteiger partial charge < -0.3 is 14.9 Å². The van der Waals surface area contributed by atoms with E-state index in [1.165, 1.54) is 6.92 Å². The highest BCUT2D eigenvalue weighted by atomic mass is 16.6. The number of carbonyl (C=O) groups excluding carboxylic acids is 1. The van der Waals surface area contributed by atoms with E-state index < -0.39 is 16.8 Å². The molecule has 0 spiro atoms. The number of hydrogen-bond acceptors (Lipinski definition) is 4. The Bertz CT molecular complexity index is 413. The Morgan fingerprint density at radius 1 is 1.10 bits per heavy atom. The monoisotopic (exact) mass is 296 g/mol. The van der Waals surface area contributed by atoms with E-state index in [1.54, 1.807) is 58.1 Å². The maximum absolute atomic E-state index is 11.0. The first-order valence-corrected chi connectivity index (χ1v) is 7.02. The van der Waals surface area contributed by atoms with Gasteiger partial charge in [0.25, 0.3) is 0 Å². The summed E-state index contributed by atoms with van der Waals surface area (Å²) < 4.78 is 5.19. The quantitative estimate of drug-likeness (QED) is 0.534. The minimum atomic E-state index is -1.03. The Morgan fingerprint density at radius 3 is 2.05 bits per heavy atom. The summed E-state index contributed by atoms with van der Waals surface area (Å²) in [6, 6.07) is 0. The number of esters is 1. The molecular formula is C17H28O4. The van der Waals surface area contributed by atoms with Gasteiger partial charge in [-0.25, -0.2) is 0 Å². The van der Waals surface area contributed by atoms with Gasteiger partial charge in [-0.15, -0.1) is 0 Å². The van der Waals surface area contributed by atoms with Crippen LogP contribution in [0.2, 0.25) is 0 Å². The smallest absolute Gasteiger partial charge is 0.303 e. The molecule has 21 heavy (non-hydrogen) atoms. The van der Waals surface area contributed by atoms with Crippen LogP contribution in [-0.4, -0.2) is 33.0 Å². The maximum atomic E-state index is 11.0. The van der Waals surface area contributed by atoms with Crippen molar-refractivity contribution in [1.29, 1.82) is 0 Å². The Kier molecular flexibility index (Phi) is 7.07. The normalized spacial score (nSPS) is 18.4. The van der Waals surface area contributed by atoms with Crippen molar-refractivity contribution in [2.45, 2.75) is 64.3 Å². The second kappa shape index (κ2) is 7.57. The molecular weight excluding hydrogens is 268 g/mol. The van der Waals surface area contributed by atoms with Crippen LogP contribution in [-0.2, 0) is 9.53 Å². The molecule has 0 saturated carbocycles. The summed E-state index contributed by atoms with van der Waals surface area (Å²) in [5.41, 5.74) is -2.70. The highest BCUT2D eigenvalue weighted by Crippen LogP contribution is 2.20. The summed E-state index contributed by atoms with van der Waals surface area (Å²) in [6.45, 7) is 11.8. The minimum Gasteiger partial charge on any atom is -0.455 e. The Hall–Kier alpha value is -1.39. The minimum absolute atomic E-state index is 0.370. The molecule has 4 nitrogen and oxygen atoms in total. The van der Waals surface area contributed by atoms with E-state index in [9.17, 15) is 15.0 Å². The third kappa shape index (κ3) is 10.0. The Labute approximate surface area is 127 Å². The third-order valence-electron chi connectivity index (χ3n) is 2.87. The molecule has 0 heterocycles. The van der Waals surface area contributed by atoms with Gasteiger partial charge in [0.15, 0.2) is 0 Å². The molecule has 2 N–H and O–H groups in total. The molecule has 0 radical (unpaired) electrons. The molecule has 0 aromatic heterocycles. The van der Waals surface area contributed by atoms with Crippen LogP contribution in [0.15, 0.2) is 37.0 Å². The van der Waals surface area contributed by atoms with E-state index in [0.717, 1.165) is 0 Å². The number of aliphatic hydroxyl groups is 2. The standard InChI is InChI=1S/C17H28O4/c1-7-17(6,21-14(2)18)13-9-12-16(5,20)11-8-10-15(3,4)19/h7-10,12,19-20H,1,11,13H2,2-6H3/b10-8+,12-9+/t16-,17-/m0/s1. The predicted octanol–water partition coefficient (Wildman–Crippen LogP) is 2.91. The second-order valence-corrected chi connectivity index (χ2v) is 6.33. The first-order valence-electron chi connectivity index (χ1n) is 7.02. The van der Waals surface area contributed by atoms with E-state index in [4.69, 9.17) is 4.74 Å². The van der Waals surface area contributed by atoms with Crippen molar-refractivity contribution in [3.05, 3.63) is 37.0 Å². The summed E-state index contributed by atoms with van der Waals surface area (Å²) in [6.07, 6.45) is 9.19. The molecule has 0 aliphatic rings. The number of carbonyl (C=O) groups is 1. The summed E-state index contributed by atoms with van der Waals surface area (Å²) >= 11 is 0. The van der Waals surface area contributed by atoms with Crippen LogP contribution in [0.5, 0.6) is 0 Å². The zero-order valence-electron chi connectivity index (χ0n) is 13.7. The van der Waals surface area contributed by atoms with Crippen molar-refractivity contribution >= 4 is 5.97 Å². The average Bonchev–Trinajstić information content (AvgIpc) is 2.25. The second-order valence-electron chi connectivity index (χ2n) is 6.33.